The summed E-state index contributed by atoms with van der Waals surface area (Å²) in [5.41, 5.74) is 3.94. The highest BCUT2D eigenvalue weighted by atomic mass is 79.9. The molecule has 1 N–H and O–H groups in total. The van der Waals surface area contributed by atoms with Gasteiger partial charge in [-0.2, -0.15) is 0 Å². The molecular formula is C24H18BrClN2O2S. The van der Waals surface area contributed by atoms with Gasteiger partial charge in [0, 0.05) is 5.02 Å². The lowest BCUT2D eigenvalue weighted by molar-refractivity contribution is -0.115. The predicted octanol–water partition coefficient (Wildman–Crippen LogP) is 6.88. The molecule has 1 saturated heterocycles. The highest BCUT2D eigenvalue weighted by Crippen LogP contribution is 2.31. The van der Waals surface area contributed by atoms with Gasteiger partial charge in [-0.25, -0.2) is 4.99 Å². The van der Waals surface area contributed by atoms with E-state index in [4.69, 9.17) is 16.3 Å². The number of nitrogens with zero attached hydrogens (tertiary/aromatic N) is 1. The molecule has 0 radical (unpaired) electrons. The van der Waals surface area contributed by atoms with Crippen molar-refractivity contribution in [2.24, 2.45) is 4.99 Å². The lowest BCUT2D eigenvalue weighted by Crippen LogP contribution is -2.19. The Bertz CT molecular complexity index is 1180. The summed E-state index contributed by atoms with van der Waals surface area (Å²) in [6.45, 7) is 2.55. The molecule has 3 aromatic carbocycles. The van der Waals surface area contributed by atoms with Crippen LogP contribution in [0.3, 0.4) is 0 Å². The molecule has 0 saturated carbocycles. The highest BCUT2D eigenvalue weighted by molar-refractivity contribution is 9.10. The predicted molar refractivity (Wildman–Crippen MR) is 132 cm³/mol. The number of hydrogen-bond donors (Lipinski definition) is 1. The molecule has 1 aliphatic rings. The number of ether oxygens (including phenoxy) is 1. The van der Waals surface area contributed by atoms with Crippen molar-refractivity contribution >= 4 is 62.1 Å². The van der Waals surface area contributed by atoms with Gasteiger partial charge in [0.2, 0.25) is 0 Å². The molecule has 3 aromatic rings. The summed E-state index contributed by atoms with van der Waals surface area (Å²) in [5, 5.41) is 3.97. The van der Waals surface area contributed by atoms with E-state index in [9.17, 15) is 4.79 Å². The standard InChI is InChI=1S/C24H18BrClN2O2S/c1-15-2-4-16(5-3-15)14-30-21-11-6-17(12-20(21)25)13-22-23(29)28-24(31-22)27-19-9-7-18(26)8-10-19/h2-13H,14H2,1H3,(H,27,28,29)/b22-13-. The van der Waals surface area contributed by atoms with Crippen molar-refractivity contribution in [1.29, 1.82) is 0 Å². The number of aliphatic imine (C=N–C) groups is 1. The first-order valence-electron chi connectivity index (χ1n) is 9.49. The van der Waals surface area contributed by atoms with Crippen molar-refractivity contribution in [2.45, 2.75) is 13.5 Å². The van der Waals surface area contributed by atoms with E-state index in [0.717, 1.165) is 27.0 Å². The van der Waals surface area contributed by atoms with Gasteiger partial charge in [-0.1, -0.05) is 47.5 Å². The van der Waals surface area contributed by atoms with Crippen molar-refractivity contribution in [3.8, 4) is 5.75 Å². The fourth-order valence-electron chi connectivity index (χ4n) is 2.83. The van der Waals surface area contributed by atoms with Gasteiger partial charge in [-0.05, 0) is 88.2 Å². The summed E-state index contributed by atoms with van der Waals surface area (Å²) < 4.78 is 6.75. The van der Waals surface area contributed by atoms with Gasteiger partial charge < -0.3 is 10.1 Å². The molecule has 0 aliphatic carbocycles. The lowest BCUT2D eigenvalue weighted by Gasteiger charge is -2.09. The Kier molecular flexibility index (Phi) is 6.80. The van der Waals surface area contributed by atoms with Crippen molar-refractivity contribution in [1.82, 2.24) is 5.32 Å². The number of nitrogens with one attached hydrogen (secondary N) is 1. The van der Waals surface area contributed by atoms with Crippen LogP contribution in [0.25, 0.3) is 6.08 Å². The van der Waals surface area contributed by atoms with Crippen LogP contribution in [0.4, 0.5) is 5.69 Å². The number of amides is 1. The molecular weight excluding hydrogens is 496 g/mol. The molecule has 4 rings (SSSR count). The number of benzene rings is 3. The molecule has 0 atom stereocenters. The third kappa shape index (κ3) is 5.79. The van der Waals surface area contributed by atoms with Crippen molar-refractivity contribution in [2.75, 3.05) is 0 Å². The van der Waals surface area contributed by atoms with E-state index in [2.05, 4.69) is 57.4 Å². The zero-order chi connectivity index (χ0) is 21.8. The van der Waals surface area contributed by atoms with Gasteiger partial charge in [0.05, 0.1) is 15.1 Å². The van der Waals surface area contributed by atoms with E-state index in [1.165, 1.54) is 17.3 Å². The Morgan fingerprint density at radius 1 is 1.10 bits per heavy atom. The molecule has 31 heavy (non-hydrogen) atoms. The second-order valence-electron chi connectivity index (χ2n) is 6.92. The van der Waals surface area contributed by atoms with E-state index >= 15 is 0 Å². The molecule has 1 amide bonds. The normalized spacial score (nSPS) is 16.0. The van der Waals surface area contributed by atoms with Gasteiger partial charge in [0.15, 0.2) is 5.17 Å². The first-order valence-corrected chi connectivity index (χ1v) is 11.5. The maximum Gasteiger partial charge on any atom is 0.264 e. The number of halogens is 2. The summed E-state index contributed by atoms with van der Waals surface area (Å²) in [7, 11) is 0. The van der Waals surface area contributed by atoms with Crippen molar-refractivity contribution in [3.05, 3.63) is 97.8 Å². The number of amidine groups is 1. The summed E-state index contributed by atoms with van der Waals surface area (Å²) in [6, 6.07) is 21.1. The van der Waals surface area contributed by atoms with E-state index in [0.29, 0.717) is 21.7 Å². The number of rotatable bonds is 5. The van der Waals surface area contributed by atoms with Gasteiger partial charge in [-0.3, -0.25) is 4.79 Å². The highest BCUT2D eigenvalue weighted by Gasteiger charge is 2.23. The Morgan fingerprint density at radius 3 is 2.55 bits per heavy atom. The van der Waals surface area contributed by atoms with E-state index < -0.39 is 0 Å². The maximum atomic E-state index is 12.3. The molecule has 1 aliphatic heterocycles. The SMILES string of the molecule is Cc1ccc(COc2ccc(/C=C3\SC(=Nc4ccc(Cl)cc4)NC3=O)cc2Br)cc1. The zero-order valence-corrected chi connectivity index (χ0v) is 19.7. The van der Waals surface area contributed by atoms with Crippen molar-refractivity contribution in [3.63, 3.8) is 0 Å². The quantitative estimate of drug-likeness (QED) is 0.378. The average Bonchev–Trinajstić information content (AvgIpc) is 3.09. The van der Waals surface area contributed by atoms with Crippen LogP contribution in [0.5, 0.6) is 5.75 Å². The summed E-state index contributed by atoms with van der Waals surface area (Å²) in [4.78, 5) is 17.4. The summed E-state index contributed by atoms with van der Waals surface area (Å²) in [5.74, 6) is 0.574. The topological polar surface area (TPSA) is 50.7 Å². The number of hydrogen-bond acceptors (Lipinski definition) is 4. The fourth-order valence-corrected chi connectivity index (χ4v) is 4.31. The van der Waals surface area contributed by atoms with Gasteiger partial charge in [-0.15, -0.1) is 0 Å². The average molecular weight is 514 g/mol. The molecule has 0 spiro atoms. The van der Waals surface area contributed by atoms with E-state index in [1.54, 1.807) is 24.3 Å². The Morgan fingerprint density at radius 2 is 1.84 bits per heavy atom. The monoisotopic (exact) mass is 512 g/mol. The van der Waals surface area contributed by atoms with Crippen LogP contribution in [-0.2, 0) is 11.4 Å². The Balaban J connectivity index is 1.44. The van der Waals surface area contributed by atoms with Crippen LogP contribution >= 0.6 is 39.3 Å². The van der Waals surface area contributed by atoms with Crippen molar-refractivity contribution < 1.29 is 9.53 Å². The molecule has 0 aromatic heterocycles. The maximum absolute atomic E-state index is 12.3. The molecule has 4 nitrogen and oxygen atoms in total. The van der Waals surface area contributed by atoms with E-state index in [1.807, 2.05) is 24.3 Å². The van der Waals surface area contributed by atoms with Crippen LogP contribution in [0.15, 0.2) is 81.1 Å². The van der Waals surface area contributed by atoms with E-state index in [-0.39, 0.29) is 5.91 Å². The van der Waals surface area contributed by atoms with Gasteiger partial charge in [0.25, 0.3) is 5.91 Å². The third-order valence-electron chi connectivity index (χ3n) is 4.48. The van der Waals surface area contributed by atoms with Crippen LogP contribution in [0.1, 0.15) is 16.7 Å². The number of carbonyl (C=O) groups is 1. The number of carbonyl (C=O) groups excluding carboxylic acids is 1. The second kappa shape index (κ2) is 9.73. The molecule has 0 unspecified atom stereocenters. The smallest absolute Gasteiger partial charge is 0.264 e. The summed E-state index contributed by atoms with van der Waals surface area (Å²) >= 11 is 10.8. The molecule has 156 valence electrons. The van der Waals surface area contributed by atoms with Crippen LogP contribution in [0.2, 0.25) is 5.02 Å². The first-order chi connectivity index (χ1) is 15.0. The minimum atomic E-state index is -0.173. The number of thioether (sulfide) groups is 1. The minimum Gasteiger partial charge on any atom is -0.488 e. The van der Waals surface area contributed by atoms with Gasteiger partial charge >= 0.3 is 0 Å². The minimum absolute atomic E-state index is 0.173. The lowest BCUT2D eigenvalue weighted by atomic mass is 10.1. The number of aryl methyl sites for hydroxylation is 1. The summed E-state index contributed by atoms with van der Waals surface area (Å²) in [6.07, 6.45) is 1.83. The molecule has 7 heteroatoms. The van der Waals surface area contributed by atoms with Crippen LogP contribution in [0, 0.1) is 6.92 Å². The van der Waals surface area contributed by atoms with Crippen LogP contribution in [-0.4, -0.2) is 11.1 Å². The fraction of sp³-hybridized carbons (Fsp3) is 0.0833. The third-order valence-corrected chi connectivity index (χ3v) is 6.26. The largest absolute Gasteiger partial charge is 0.488 e. The Hall–Kier alpha value is -2.54. The van der Waals surface area contributed by atoms with Crippen LogP contribution < -0.4 is 10.1 Å². The molecule has 0 bridgehead atoms. The Labute approximate surface area is 198 Å². The molecule has 1 fully saturated rings. The molecule has 1 heterocycles. The second-order valence-corrected chi connectivity index (χ2v) is 9.24. The first kappa shape index (κ1) is 21.7. The van der Waals surface area contributed by atoms with Gasteiger partial charge in [0.1, 0.15) is 12.4 Å². The zero-order valence-electron chi connectivity index (χ0n) is 16.6.